The lowest BCUT2D eigenvalue weighted by atomic mass is 10.0. The minimum absolute atomic E-state index is 0.267. The smallest absolute Gasteiger partial charge is 0.270 e. The number of nitrogens with two attached hydrogens (primary N) is 1. The van der Waals surface area contributed by atoms with Gasteiger partial charge in [-0.2, -0.15) is 0 Å². The van der Waals surface area contributed by atoms with Crippen LogP contribution in [0.25, 0.3) is 0 Å². The molecule has 0 bridgehead atoms. The van der Waals surface area contributed by atoms with Crippen molar-refractivity contribution in [1.29, 1.82) is 0 Å². The molecule has 1 aromatic heterocycles. The van der Waals surface area contributed by atoms with E-state index in [1.165, 1.54) is 6.20 Å². The molecule has 1 aromatic carbocycles. The maximum absolute atomic E-state index is 12.0. The van der Waals surface area contributed by atoms with Crippen LogP contribution in [0.15, 0.2) is 54.7 Å². The van der Waals surface area contributed by atoms with Gasteiger partial charge in [-0.15, -0.1) is 0 Å². The second-order valence-electron chi connectivity index (χ2n) is 4.67. The largest absolute Gasteiger partial charge is 0.368 e. The number of carbonyl (C=O) groups is 2. The molecule has 1 atom stereocenters. The van der Waals surface area contributed by atoms with E-state index < -0.39 is 17.9 Å². The zero-order chi connectivity index (χ0) is 15.1. The molecule has 2 amide bonds. The maximum Gasteiger partial charge on any atom is 0.270 e. The molecule has 0 aliphatic heterocycles. The number of aromatic nitrogens is 1. The summed E-state index contributed by atoms with van der Waals surface area (Å²) in [5.74, 6) is -0.942. The van der Waals surface area contributed by atoms with Crippen LogP contribution in [-0.4, -0.2) is 22.8 Å². The number of rotatable bonds is 6. The van der Waals surface area contributed by atoms with Crippen LogP contribution in [0.5, 0.6) is 0 Å². The van der Waals surface area contributed by atoms with Gasteiger partial charge in [0.05, 0.1) is 0 Å². The van der Waals surface area contributed by atoms with Crippen molar-refractivity contribution in [3.05, 3.63) is 66.0 Å². The Morgan fingerprint density at radius 1 is 1.10 bits per heavy atom. The first-order valence-electron chi connectivity index (χ1n) is 6.72. The van der Waals surface area contributed by atoms with Crippen LogP contribution in [0.1, 0.15) is 22.5 Å². The summed E-state index contributed by atoms with van der Waals surface area (Å²) < 4.78 is 0. The van der Waals surface area contributed by atoms with Gasteiger partial charge in [0.15, 0.2) is 0 Å². The molecule has 0 aliphatic carbocycles. The van der Waals surface area contributed by atoms with Crippen LogP contribution in [0.2, 0.25) is 0 Å². The van der Waals surface area contributed by atoms with E-state index in [2.05, 4.69) is 10.3 Å². The van der Waals surface area contributed by atoms with Gasteiger partial charge in [-0.05, 0) is 30.5 Å². The summed E-state index contributed by atoms with van der Waals surface area (Å²) in [7, 11) is 0. The number of aryl methyl sites for hydroxylation is 1. The van der Waals surface area contributed by atoms with E-state index >= 15 is 0 Å². The van der Waals surface area contributed by atoms with Crippen LogP contribution in [-0.2, 0) is 11.2 Å². The average Bonchev–Trinajstić information content (AvgIpc) is 2.52. The van der Waals surface area contributed by atoms with Crippen molar-refractivity contribution in [2.24, 2.45) is 5.73 Å². The second-order valence-corrected chi connectivity index (χ2v) is 4.67. The summed E-state index contributed by atoms with van der Waals surface area (Å²) in [4.78, 5) is 27.4. The summed E-state index contributed by atoms with van der Waals surface area (Å²) in [6.07, 6.45) is 2.65. The van der Waals surface area contributed by atoms with Gasteiger partial charge in [0, 0.05) is 6.20 Å². The topological polar surface area (TPSA) is 85.1 Å². The van der Waals surface area contributed by atoms with Gasteiger partial charge in [0.1, 0.15) is 11.7 Å². The number of primary amides is 1. The molecule has 0 fully saturated rings. The maximum atomic E-state index is 12.0. The normalized spacial score (nSPS) is 11.6. The Balaban J connectivity index is 1.96. The second kappa shape index (κ2) is 7.19. The lowest BCUT2D eigenvalue weighted by molar-refractivity contribution is -0.120. The van der Waals surface area contributed by atoms with Crippen molar-refractivity contribution < 1.29 is 9.59 Å². The molecule has 21 heavy (non-hydrogen) atoms. The van der Waals surface area contributed by atoms with E-state index in [0.29, 0.717) is 12.8 Å². The van der Waals surface area contributed by atoms with Crippen molar-refractivity contribution in [2.45, 2.75) is 18.9 Å². The molecular formula is C16H17N3O2. The SMILES string of the molecule is NC(=O)[C@H](CCc1ccccc1)NC(=O)c1ccccn1. The number of nitrogens with zero attached hydrogens (tertiary/aromatic N) is 1. The van der Waals surface area contributed by atoms with Crippen molar-refractivity contribution in [2.75, 3.05) is 0 Å². The Labute approximate surface area is 123 Å². The predicted molar refractivity (Wildman–Crippen MR) is 79.4 cm³/mol. The molecule has 2 aromatic rings. The molecular weight excluding hydrogens is 266 g/mol. The molecule has 0 spiro atoms. The van der Waals surface area contributed by atoms with Crippen molar-refractivity contribution in [3.8, 4) is 0 Å². The first kappa shape index (κ1) is 14.7. The van der Waals surface area contributed by atoms with E-state index in [4.69, 9.17) is 5.73 Å². The van der Waals surface area contributed by atoms with Gasteiger partial charge < -0.3 is 11.1 Å². The minimum atomic E-state index is -0.709. The van der Waals surface area contributed by atoms with Crippen molar-refractivity contribution >= 4 is 11.8 Å². The zero-order valence-electron chi connectivity index (χ0n) is 11.5. The molecule has 0 radical (unpaired) electrons. The van der Waals surface area contributed by atoms with Crippen LogP contribution < -0.4 is 11.1 Å². The van der Waals surface area contributed by atoms with Crippen LogP contribution in [0.3, 0.4) is 0 Å². The summed E-state index contributed by atoms with van der Waals surface area (Å²) in [6.45, 7) is 0. The Morgan fingerprint density at radius 2 is 1.81 bits per heavy atom. The van der Waals surface area contributed by atoms with E-state index in [9.17, 15) is 9.59 Å². The van der Waals surface area contributed by atoms with E-state index in [1.54, 1.807) is 18.2 Å². The molecule has 0 aliphatic rings. The quantitative estimate of drug-likeness (QED) is 0.838. The van der Waals surface area contributed by atoms with E-state index in [-0.39, 0.29) is 5.69 Å². The lowest BCUT2D eigenvalue weighted by Crippen LogP contribution is -2.44. The number of nitrogens with one attached hydrogen (secondary N) is 1. The first-order chi connectivity index (χ1) is 10.2. The highest BCUT2D eigenvalue weighted by molar-refractivity contribution is 5.95. The Bertz CT molecular complexity index is 599. The number of pyridine rings is 1. The van der Waals surface area contributed by atoms with E-state index in [0.717, 1.165) is 5.56 Å². The predicted octanol–water partition coefficient (Wildman–Crippen LogP) is 1.30. The summed E-state index contributed by atoms with van der Waals surface area (Å²) in [6, 6.07) is 14.0. The summed E-state index contributed by atoms with van der Waals surface area (Å²) >= 11 is 0. The zero-order valence-corrected chi connectivity index (χ0v) is 11.5. The molecule has 3 N–H and O–H groups in total. The number of hydrogen-bond donors (Lipinski definition) is 2. The Morgan fingerprint density at radius 3 is 2.43 bits per heavy atom. The van der Waals surface area contributed by atoms with Gasteiger partial charge >= 0.3 is 0 Å². The number of amides is 2. The fourth-order valence-electron chi connectivity index (χ4n) is 1.97. The molecule has 0 saturated heterocycles. The third kappa shape index (κ3) is 4.42. The molecule has 1 heterocycles. The number of hydrogen-bond acceptors (Lipinski definition) is 3. The van der Waals surface area contributed by atoms with Crippen LogP contribution in [0, 0.1) is 0 Å². The molecule has 0 saturated carbocycles. The van der Waals surface area contributed by atoms with E-state index in [1.807, 2.05) is 30.3 Å². The molecule has 2 rings (SSSR count). The summed E-state index contributed by atoms with van der Waals surface area (Å²) in [5, 5.41) is 2.63. The Kier molecular flexibility index (Phi) is 5.04. The highest BCUT2D eigenvalue weighted by Gasteiger charge is 2.19. The Hall–Kier alpha value is -2.69. The minimum Gasteiger partial charge on any atom is -0.368 e. The third-order valence-electron chi connectivity index (χ3n) is 3.11. The van der Waals surface area contributed by atoms with Gasteiger partial charge in [-0.1, -0.05) is 36.4 Å². The van der Waals surface area contributed by atoms with Gasteiger partial charge in [-0.25, -0.2) is 0 Å². The standard InChI is InChI=1S/C16H17N3O2/c17-15(20)13(10-9-12-6-2-1-3-7-12)19-16(21)14-8-4-5-11-18-14/h1-8,11,13H,9-10H2,(H2,17,20)(H,19,21)/t13-/m0/s1. The summed E-state index contributed by atoms with van der Waals surface area (Å²) in [5.41, 5.74) is 6.71. The van der Waals surface area contributed by atoms with Crippen LogP contribution >= 0.6 is 0 Å². The van der Waals surface area contributed by atoms with Crippen molar-refractivity contribution in [1.82, 2.24) is 10.3 Å². The average molecular weight is 283 g/mol. The number of carbonyl (C=O) groups excluding carboxylic acids is 2. The fourth-order valence-corrected chi connectivity index (χ4v) is 1.97. The van der Waals surface area contributed by atoms with Gasteiger partial charge in [-0.3, -0.25) is 14.6 Å². The van der Waals surface area contributed by atoms with Gasteiger partial charge in [0.25, 0.3) is 5.91 Å². The first-order valence-corrected chi connectivity index (χ1v) is 6.72. The highest BCUT2D eigenvalue weighted by atomic mass is 16.2. The fraction of sp³-hybridized carbons (Fsp3) is 0.188. The van der Waals surface area contributed by atoms with Crippen LogP contribution in [0.4, 0.5) is 0 Å². The number of benzene rings is 1. The lowest BCUT2D eigenvalue weighted by Gasteiger charge is -2.15. The molecule has 108 valence electrons. The van der Waals surface area contributed by atoms with Gasteiger partial charge in [0.2, 0.25) is 5.91 Å². The monoisotopic (exact) mass is 283 g/mol. The van der Waals surface area contributed by atoms with Crippen molar-refractivity contribution in [3.63, 3.8) is 0 Å². The molecule has 0 unspecified atom stereocenters. The molecule has 5 nitrogen and oxygen atoms in total. The highest BCUT2D eigenvalue weighted by Crippen LogP contribution is 2.06. The molecule has 5 heteroatoms. The third-order valence-corrected chi connectivity index (χ3v) is 3.11.